The van der Waals surface area contributed by atoms with Gasteiger partial charge in [0.05, 0.1) is 11.3 Å². The fourth-order valence-corrected chi connectivity index (χ4v) is 1.98. The summed E-state index contributed by atoms with van der Waals surface area (Å²) < 4.78 is 39.9. The Morgan fingerprint density at radius 1 is 1.33 bits per heavy atom. The zero-order valence-corrected chi connectivity index (χ0v) is 11.8. The van der Waals surface area contributed by atoms with Crippen LogP contribution in [0.3, 0.4) is 0 Å². The van der Waals surface area contributed by atoms with E-state index < -0.39 is 17.6 Å². The van der Waals surface area contributed by atoms with E-state index in [1.807, 2.05) is 0 Å². The molecule has 0 aliphatic heterocycles. The SMILES string of the molecule is O=C(Cn1ccnc1Cl)Nc1ccc(Cl)cc1C(F)(F)F. The van der Waals surface area contributed by atoms with Crippen LogP contribution in [-0.2, 0) is 17.5 Å². The van der Waals surface area contributed by atoms with E-state index in [2.05, 4.69) is 10.3 Å². The highest BCUT2D eigenvalue weighted by atomic mass is 35.5. The molecule has 112 valence electrons. The van der Waals surface area contributed by atoms with Crippen molar-refractivity contribution in [2.45, 2.75) is 12.7 Å². The second kappa shape index (κ2) is 5.95. The van der Waals surface area contributed by atoms with E-state index in [9.17, 15) is 18.0 Å². The standard InChI is InChI=1S/C12H8Cl2F3N3O/c13-7-1-2-9(8(5-7)12(15,16)17)19-10(21)6-20-4-3-18-11(20)14/h1-5H,6H2,(H,19,21). The van der Waals surface area contributed by atoms with Gasteiger partial charge in [0, 0.05) is 17.4 Å². The van der Waals surface area contributed by atoms with Gasteiger partial charge >= 0.3 is 6.18 Å². The van der Waals surface area contributed by atoms with Gasteiger partial charge in [-0.05, 0) is 29.8 Å². The largest absolute Gasteiger partial charge is 0.418 e. The number of aromatic nitrogens is 2. The van der Waals surface area contributed by atoms with E-state index in [0.29, 0.717) is 0 Å². The summed E-state index contributed by atoms with van der Waals surface area (Å²) >= 11 is 11.2. The van der Waals surface area contributed by atoms with Crippen LogP contribution in [0, 0.1) is 0 Å². The number of carbonyl (C=O) groups is 1. The monoisotopic (exact) mass is 337 g/mol. The lowest BCUT2D eigenvalue weighted by atomic mass is 10.1. The van der Waals surface area contributed by atoms with Gasteiger partial charge in [-0.25, -0.2) is 4.98 Å². The van der Waals surface area contributed by atoms with Crippen molar-refractivity contribution in [2.24, 2.45) is 0 Å². The van der Waals surface area contributed by atoms with E-state index in [0.717, 1.165) is 12.1 Å². The lowest BCUT2D eigenvalue weighted by Crippen LogP contribution is -2.21. The molecule has 0 aliphatic carbocycles. The maximum Gasteiger partial charge on any atom is 0.418 e. The number of alkyl halides is 3. The van der Waals surface area contributed by atoms with Gasteiger partial charge in [-0.15, -0.1) is 0 Å². The average molecular weight is 338 g/mol. The number of hydrogen-bond acceptors (Lipinski definition) is 2. The summed E-state index contributed by atoms with van der Waals surface area (Å²) in [6.07, 6.45) is -1.81. The van der Waals surface area contributed by atoms with Gasteiger partial charge in [0.25, 0.3) is 0 Å². The van der Waals surface area contributed by atoms with Crippen molar-refractivity contribution in [2.75, 3.05) is 5.32 Å². The Kier molecular flexibility index (Phi) is 4.43. The Morgan fingerprint density at radius 2 is 2.05 bits per heavy atom. The molecule has 0 atom stereocenters. The molecule has 1 amide bonds. The van der Waals surface area contributed by atoms with Crippen molar-refractivity contribution in [3.63, 3.8) is 0 Å². The van der Waals surface area contributed by atoms with Gasteiger partial charge in [-0.2, -0.15) is 13.2 Å². The number of benzene rings is 1. The quantitative estimate of drug-likeness (QED) is 0.924. The van der Waals surface area contributed by atoms with Crippen molar-refractivity contribution in [1.29, 1.82) is 0 Å². The summed E-state index contributed by atoms with van der Waals surface area (Å²) in [6, 6.07) is 3.11. The smallest absolute Gasteiger partial charge is 0.324 e. The second-order valence-electron chi connectivity index (χ2n) is 4.06. The minimum absolute atomic E-state index is 0.0669. The Bertz CT molecular complexity index is 670. The number of halogens is 5. The van der Waals surface area contributed by atoms with Crippen molar-refractivity contribution in [1.82, 2.24) is 9.55 Å². The van der Waals surface area contributed by atoms with E-state index in [1.165, 1.54) is 23.0 Å². The molecular formula is C12H8Cl2F3N3O. The molecule has 2 aromatic rings. The predicted octanol–water partition coefficient (Wildman–Crippen LogP) is 3.85. The van der Waals surface area contributed by atoms with Crippen molar-refractivity contribution in [3.8, 4) is 0 Å². The molecule has 4 nitrogen and oxygen atoms in total. The van der Waals surface area contributed by atoms with Crippen molar-refractivity contribution >= 4 is 34.8 Å². The first-order chi connectivity index (χ1) is 9.77. The van der Waals surface area contributed by atoms with E-state index in [1.54, 1.807) is 0 Å². The lowest BCUT2D eigenvalue weighted by molar-refractivity contribution is -0.137. The second-order valence-corrected chi connectivity index (χ2v) is 4.83. The van der Waals surface area contributed by atoms with Crippen LogP contribution in [0.1, 0.15) is 5.56 Å². The molecule has 1 aromatic heterocycles. The molecule has 9 heteroatoms. The summed E-state index contributed by atoms with van der Waals surface area (Å²) in [5.41, 5.74) is -1.38. The van der Waals surface area contributed by atoms with E-state index in [4.69, 9.17) is 23.2 Å². The van der Waals surface area contributed by atoms with Crippen molar-refractivity contribution in [3.05, 3.63) is 46.5 Å². The number of imidazole rings is 1. The first-order valence-electron chi connectivity index (χ1n) is 5.60. The Morgan fingerprint density at radius 3 is 2.62 bits per heavy atom. The molecule has 0 radical (unpaired) electrons. The highest BCUT2D eigenvalue weighted by molar-refractivity contribution is 6.30. The Labute approximate surface area is 127 Å². The molecule has 1 heterocycles. The van der Waals surface area contributed by atoms with Crippen LogP contribution in [0.25, 0.3) is 0 Å². The minimum Gasteiger partial charge on any atom is -0.324 e. The van der Waals surface area contributed by atoms with Gasteiger partial charge in [0.1, 0.15) is 6.54 Å². The van der Waals surface area contributed by atoms with Crippen LogP contribution in [-0.4, -0.2) is 15.5 Å². The fraction of sp³-hybridized carbons (Fsp3) is 0.167. The number of nitrogens with one attached hydrogen (secondary N) is 1. The fourth-order valence-electron chi connectivity index (χ4n) is 1.63. The van der Waals surface area contributed by atoms with Gasteiger partial charge in [0.15, 0.2) is 0 Å². The van der Waals surface area contributed by atoms with E-state index >= 15 is 0 Å². The van der Waals surface area contributed by atoms with Crippen LogP contribution >= 0.6 is 23.2 Å². The Hall–Kier alpha value is -1.73. The number of carbonyl (C=O) groups excluding carboxylic acids is 1. The maximum absolute atomic E-state index is 12.9. The van der Waals surface area contributed by atoms with Crippen LogP contribution in [0.5, 0.6) is 0 Å². The number of nitrogens with zero attached hydrogens (tertiary/aromatic N) is 2. The third kappa shape index (κ3) is 3.89. The average Bonchev–Trinajstić information content (AvgIpc) is 2.76. The number of hydrogen-bond donors (Lipinski definition) is 1. The molecule has 0 saturated heterocycles. The van der Waals surface area contributed by atoms with Crippen molar-refractivity contribution < 1.29 is 18.0 Å². The molecule has 21 heavy (non-hydrogen) atoms. The first-order valence-corrected chi connectivity index (χ1v) is 6.36. The molecule has 2 rings (SSSR count). The molecule has 0 fully saturated rings. The molecule has 0 unspecified atom stereocenters. The molecule has 0 spiro atoms. The molecular weight excluding hydrogens is 330 g/mol. The highest BCUT2D eigenvalue weighted by Crippen LogP contribution is 2.36. The highest BCUT2D eigenvalue weighted by Gasteiger charge is 2.34. The van der Waals surface area contributed by atoms with Gasteiger partial charge < -0.3 is 9.88 Å². The molecule has 1 N–H and O–H groups in total. The normalized spacial score (nSPS) is 11.5. The zero-order chi connectivity index (χ0) is 15.6. The topological polar surface area (TPSA) is 46.9 Å². The van der Waals surface area contributed by atoms with Gasteiger partial charge in [-0.1, -0.05) is 11.6 Å². The zero-order valence-electron chi connectivity index (χ0n) is 10.3. The summed E-state index contributed by atoms with van der Waals surface area (Å²) in [7, 11) is 0. The molecule has 0 aliphatic rings. The lowest BCUT2D eigenvalue weighted by Gasteiger charge is -2.14. The predicted molar refractivity (Wildman–Crippen MR) is 72.3 cm³/mol. The third-order valence-electron chi connectivity index (χ3n) is 2.54. The first kappa shape index (κ1) is 15.7. The summed E-state index contributed by atoms with van der Waals surface area (Å²) in [5.74, 6) is -0.664. The van der Waals surface area contributed by atoms with Crippen LogP contribution < -0.4 is 5.32 Å². The van der Waals surface area contributed by atoms with Gasteiger partial charge in [0.2, 0.25) is 11.2 Å². The van der Waals surface area contributed by atoms with Crippen LogP contribution in [0.2, 0.25) is 10.3 Å². The molecule has 0 bridgehead atoms. The Balaban J connectivity index is 2.20. The number of anilines is 1. The summed E-state index contributed by atoms with van der Waals surface area (Å²) in [4.78, 5) is 15.5. The maximum atomic E-state index is 12.9. The molecule has 1 aromatic carbocycles. The summed E-state index contributed by atoms with van der Waals surface area (Å²) in [5, 5.41) is 2.18. The molecule has 0 saturated carbocycles. The van der Waals surface area contributed by atoms with E-state index in [-0.39, 0.29) is 22.5 Å². The number of amides is 1. The van der Waals surface area contributed by atoms with Crippen LogP contribution in [0.15, 0.2) is 30.6 Å². The minimum atomic E-state index is -4.62. The number of rotatable bonds is 3. The summed E-state index contributed by atoms with van der Waals surface area (Å²) in [6.45, 7) is -0.251. The van der Waals surface area contributed by atoms with Crippen LogP contribution in [0.4, 0.5) is 18.9 Å². The van der Waals surface area contributed by atoms with Gasteiger partial charge in [-0.3, -0.25) is 4.79 Å². The third-order valence-corrected chi connectivity index (χ3v) is 3.09.